The van der Waals surface area contributed by atoms with E-state index in [0.717, 1.165) is 38.3 Å². The van der Waals surface area contributed by atoms with Crippen LogP contribution in [0.3, 0.4) is 0 Å². The van der Waals surface area contributed by atoms with Crippen LogP contribution in [0.4, 0.5) is 0 Å². The zero-order valence-electron chi connectivity index (χ0n) is 13.1. The number of ether oxygens (including phenoxy) is 2. The van der Waals surface area contributed by atoms with Crippen LogP contribution >= 0.6 is 0 Å². The minimum absolute atomic E-state index is 0.420. The van der Waals surface area contributed by atoms with E-state index in [9.17, 15) is 0 Å². The lowest BCUT2D eigenvalue weighted by Crippen LogP contribution is -2.26. The molecule has 3 nitrogen and oxygen atoms in total. The highest BCUT2D eigenvalue weighted by Gasteiger charge is 2.17. The van der Waals surface area contributed by atoms with Gasteiger partial charge in [0.05, 0.1) is 19.3 Å². The molecule has 21 heavy (non-hydrogen) atoms. The molecular weight excluding hydrogens is 262 g/mol. The van der Waals surface area contributed by atoms with Crippen molar-refractivity contribution in [2.75, 3.05) is 19.8 Å². The SMILES string of the molecule is CCC(NCCOC1CCCC1)c1ccc2c(c1)CCO2. The summed E-state index contributed by atoms with van der Waals surface area (Å²) in [6, 6.07) is 7.05. The van der Waals surface area contributed by atoms with E-state index in [1.807, 2.05) is 0 Å². The maximum absolute atomic E-state index is 5.93. The average molecular weight is 289 g/mol. The van der Waals surface area contributed by atoms with E-state index >= 15 is 0 Å². The Labute approximate surface area is 128 Å². The van der Waals surface area contributed by atoms with Gasteiger partial charge in [-0.05, 0) is 36.5 Å². The van der Waals surface area contributed by atoms with Gasteiger partial charge in [0, 0.05) is 19.0 Å². The van der Waals surface area contributed by atoms with E-state index in [2.05, 4.69) is 30.4 Å². The van der Waals surface area contributed by atoms with Crippen molar-refractivity contribution in [3.8, 4) is 5.75 Å². The largest absolute Gasteiger partial charge is 0.493 e. The Hall–Kier alpha value is -1.06. The molecule has 3 heteroatoms. The Bertz CT molecular complexity index is 455. The molecule has 1 unspecified atom stereocenters. The molecule has 0 spiro atoms. The van der Waals surface area contributed by atoms with Crippen LogP contribution in [-0.2, 0) is 11.2 Å². The predicted molar refractivity (Wildman–Crippen MR) is 84.9 cm³/mol. The van der Waals surface area contributed by atoms with Crippen LogP contribution in [0, 0.1) is 0 Å². The van der Waals surface area contributed by atoms with E-state index in [4.69, 9.17) is 9.47 Å². The summed E-state index contributed by atoms with van der Waals surface area (Å²) < 4.78 is 11.5. The monoisotopic (exact) mass is 289 g/mol. The van der Waals surface area contributed by atoms with Crippen LogP contribution in [0.2, 0.25) is 0 Å². The van der Waals surface area contributed by atoms with Crippen molar-refractivity contribution in [2.45, 2.75) is 57.6 Å². The van der Waals surface area contributed by atoms with Crippen molar-refractivity contribution in [3.05, 3.63) is 29.3 Å². The molecule has 1 N–H and O–H groups in total. The Balaban J connectivity index is 1.48. The number of hydrogen-bond acceptors (Lipinski definition) is 3. The normalized spacial score (nSPS) is 19.5. The number of rotatable bonds is 7. The molecule has 116 valence electrons. The first-order valence-corrected chi connectivity index (χ1v) is 8.47. The van der Waals surface area contributed by atoms with Crippen molar-refractivity contribution < 1.29 is 9.47 Å². The second kappa shape index (κ2) is 7.28. The maximum Gasteiger partial charge on any atom is 0.122 e. The minimum Gasteiger partial charge on any atom is -0.493 e. The third kappa shape index (κ3) is 3.78. The summed E-state index contributed by atoms with van der Waals surface area (Å²) in [5, 5.41) is 3.64. The van der Waals surface area contributed by atoms with Gasteiger partial charge in [0.15, 0.2) is 0 Å². The Morgan fingerprint density at radius 3 is 3.00 bits per heavy atom. The quantitative estimate of drug-likeness (QED) is 0.778. The average Bonchev–Trinajstić information content (AvgIpc) is 3.17. The van der Waals surface area contributed by atoms with Gasteiger partial charge in [-0.2, -0.15) is 0 Å². The molecule has 1 atom stereocenters. The van der Waals surface area contributed by atoms with E-state index in [1.165, 1.54) is 36.8 Å². The molecule has 3 rings (SSSR count). The topological polar surface area (TPSA) is 30.5 Å². The zero-order chi connectivity index (χ0) is 14.5. The summed E-state index contributed by atoms with van der Waals surface area (Å²) >= 11 is 0. The van der Waals surface area contributed by atoms with Crippen LogP contribution in [0.1, 0.15) is 56.2 Å². The van der Waals surface area contributed by atoms with E-state index in [1.54, 1.807) is 0 Å². The van der Waals surface area contributed by atoms with Gasteiger partial charge in [-0.3, -0.25) is 0 Å². The molecule has 1 fully saturated rings. The van der Waals surface area contributed by atoms with Gasteiger partial charge in [-0.1, -0.05) is 31.9 Å². The fraction of sp³-hybridized carbons (Fsp3) is 0.667. The highest BCUT2D eigenvalue weighted by atomic mass is 16.5. The summed E-state index contributed by atoms with van der Waals surface area (Å²) in [5.74, 6) is 1.07. The van der Waals surface area contributed by atoms with Crippen LogP contribution in [0.25, 0.3) is 0 Å². The molecule has 1 heterocycles. The summed E-state index contributed by atoms with van der Waals surface area (Å²) in [5.41, 5.74) is 2.73. The van der Waals surface area contributed by atoms with Crippen LogP contribution < -0.4 is 10.1 Å². The first-order chi connectivity index (χ1) is 10.4. The van der Waals surface area contributed by atoms with Gasteiger partial charge in [0.25, 0.3) is 0 Å². The Kier molecular flexibility index (Phi) is 5.15. The lowest BCUT2D eigenvalue weighted by Gasteiger charge is -2.19. The molecule has 0 radical (unpaired) electrons. The summed E-state index contributed by atoms with van der Waals surface area (Å²) in [6.45, 7) is 4.83. The molecule has 0 amide bonds. The number of benzene rings is 1. The fourth-order valence-electron chi connectivity index (χ4n) is 3.43. The van der Waals surface area contributed by atoms with Gasteiger partial charge in [-0.25, -0.2) is 0 Å². The van der Waals surface area contributed by atoms with E-state index in [-0.39, 0.29) is 0 Å². The van der Waals surface area contributed by atoms with Gasteiger partial charge < -0.3 is 14.8 Å². The van der Waals surface area contributed by atoms with Gasteiger partial charge in [-0.15, -0.1) is 0 Å². The van der Waals surface area contributed by atoms with Crippen LogP contribution in [0.5, 0.6) is 5.75 Å². The molecule has 0 bridgehead atoms. The molecule has 1 aromatic rings. The van der Waals surface area contributed by atoms with Crippen molar-refractivity contribution in [2.24, 2.45) is 0 Å². The van der Waals surface area contributed by atoms with Crippen LogP contribution in [0.15, 0.2) is 18.2 Å². The molecule has 0 aromatic heterocycles. The van der Waals surface area contributed by atoms with E-state index in [0.29, 0.717) is 12.1 Å². The Morgan fingerprint density at radius 2 is 2.19 bits per heavy atom. The van der Waals surface area contributed by atoms with Gasteiger partial charge >= 0.3 is 0 Å². The molecule has 1 saturated carbocycles. The molecule has 0 saturated heterocycles. The van der Waals surface area contributed by atoms with Crippen molar-refractivity contribution in [1.29, 1.82) is 0 Å². The van der Waals surface area contributed by atoms with Crippen molar-refractivity contribution in [3.63, 3.8) is 0 Å². The molecule has 1 aromatic carbocycles. The first kappa shape index (κ1) is 14.9. The molecule has 1 aliphatic heterocycles. The Morgan fingerprint density at radius 1 is 1.33 bits per heavy atom. The van der Waals surface area contributed by atoms with Crippen molar-refractivity contribution >= 4 is 0 Å². The lowest BCUT2D eigenvalue weighted by atomic mass is 10.0. The third-order valence-electron chi connectivity index (χ3n) is 4.67. The fourth-order valence-corrected chi connectivity index (χ4v) is 3.43. The standard InChI is InChI=1S/C18H27NO2/c1-2-17(19-10-12-20-16-5-3-4-6-16)14-7-8-18-15(13-14)9-11-21-18/h7-8,13,16-17,19H,2-6,9-12H2,1H3. The minimum atomic E-state index is 0.420. The zero-order valence-corrected chi connectivity index (χ0v) is 13.1. The second-order valence-electron chi connectivity index (χ2n) is 6.16. The molecule has 2 aliphatic rings. The number of hydrogen-bond donors (Lipinski definition) is 1. The molecule has 1 aliphatic carbocycles. The number of nitrogens with one attached hydrogen (secondary N) is 1. The van der Waals surface area contributed by atoms with Gasteiger partial charge in [0.1, 0.15) is 5.75 Å². The van der Waals surface area contributed by atoms with E-state index < -0.39 is 0 Å². The summed E-state index contributed by atoms with van der Waals surface area (Å²) in [4.78, 5) is 0. The smallest absolute Gasteiger partial charge is 0.122 e. The first-order valence-electron chi connectivity index (χ1n) is 8.47. The highest BCUT2D eigenvalue weighted by Crippen LogP contribution is 2.29. The number of fused-ring (bicyclic) bond motifs is 1. The van der Waals surface area contributed by atoms with Crippen molar-refractivity contribution in [1.82, 2.24) is 5.32 Å². The summed E-state index contributed by atoms with van der Waals surface area (Å²) in [7, 11) is 0. The summed E-state index contributed by atoms with van der Waals surface area (Å²) in [6.07, 6.45) is 7.85. The maximum atomic E-state index is 5.93. The van der Waals surface area contributed by atoms with Crippen LogP contribution in [-0.4, -0.2) is 25.9 Å². The lowest BCUT2D eigenvalue weighted by molar-refractivity contribution is 0.0590. The van der Waals surface area contributed by atoms with Gasteiger partial charge in [0.2, 0.25) is 0 Å². The second-order valence-corrected chi connectivity index (χ2v) is 6.16. The predicted octanol–water partition coefficient (Wildman–Crippen LogP) is 3.62. The third-order valence-corrected chi connectivity index (χ3v) is 4.67. The highest BCUT2D eigenvalue weighted by molar-refractivity contribution is 5.40. The molecular formula is C18H27NO2.